The summed E-state index contributed by atoms with van der Waals surface area (Å²) in [6.07, 6.45) is 8.10. The molecule has 6 heterocycles. The summed E-state index contributed by atoms with van der Waals surface area (Å²) < 4.78 is 37.1. The Bertz CT molecular complexity index is 4620. The Hall–Kier alpha value is -10.2. The number of primary amides is 1. The SMILES string of the molecule is C=C(C)O[C@H]1[C@H](C)[C@H](O)[C@H](C)[C@@H](O)[C@@H](C)/C=C/C=C(/C)C(=O)Nc2c(=O)c3c(O)c(C)c4c(c3c3nc5c(=O)cc(N6CCN(C(=O)OCc7ccc(NC(=O)[C@H](CCCNC(N)=O)CC(=O)C8(C(=O)CCCCCCN9C(=O)CC(C)C9=O)CCC8)cc7)CC6)cc5oc23)=C(O)[C@@](C)(O/C=C/[C@H](OC)[C@H]1C)O4. The number of phenolic OH excluding ortho intramolecular Hbond substituents is 1. The van der Waals surface area contributed by atoms with Gasteiger partial charge in [0.2, 0.25) is 28.6 Å². The van der Waals surface area contributed by atoms with Gasteiger partial charge in [0.15, 0.2) is 22.4 Å². The Balaban J connectivity index is 0.838. The number of fused-ring (bicyclic) bond motifs is 14. The number of ether oxygens (including phenoxy) is 5. The lowest BCUT2D eigenvalue weighted by atomic mass is 9.61. The van der Waals surface area contributed by atoms with Crippen molar-refractivity contribution in [2.24, 2.45) is 46.7 Å². The van der Waals surface area contributed by atoms with Gasteiger partial charge in [-0.1, -0.05) is 90.8 Å². The number of aliphatic hydroxyl groups excluding tert-OH is 3. The minimum atomic E-state index is -2.03. The van der Waals surface area contributed by atoms with E-state index in [4.69, 9.17) is 38.8 Å². The molecule has 5 aromatic rings. The van der Waals surface area contributed by atoms with Gasteiger partial charge in [0.1, 0.15) is 47.0 Å². The third-order valence-corrected chi connectivity index (χ3v) is 22.1. The predicted molar refractivity (Wildman–Crippen MR) is 403 cm³/mol. The van der Waals surface area contributed by atoms with E-state index in [1.165, 1.54) is 62.2 Å². The fourth-order valence-corrected chi connectivity index (χ4v) is 15.2. The van der Waals surface area contributed by atoms with Crippen molar-refractivity contribution in [2.75, 3.05) is 61.9 Å². The number of nitrogens with two attached hydrogens (primary N) is 1. The second-order valence-corrected chi connectivity index (χ2v) is 29.7. The lowest BCUT2D eigenvalue weighted by Gasteiger charge is -2.39. The maximum absolute atomic E-state index is 15.2. The van der Waals surface area contributed by atoms with Crippen molar-refractivity contribution in [1.29, 1.82) is 0 Å². The first-order chi connectivity index (χ1) is 51.3. The van der Waals surface area contributed by atoms with Crippen molar-refractivity contribution < 1.29 is 86.9 Å². The number of rotatable bonds is 23. The number of ketones is 2. The van der Waals surface area contributed by atoms with Crippen molar-refractivity contribution in [3.8, 4) is 11.5 Å². The number of methoxy groups -OCH3 is 1. The summed E-state index contributed by atoms with van der Waals surface area (Å²) in [5.41, 5.74) is 2.65. The van der Waals surface area contributed by atoms with Crippen molar-refractivity contribution in [1.82, 2.24) is 20.1 Å². The molecule has 1 aromatic heterocycles. The van der Waals surface area contributed by atoms with E-state index in [1.54, 1.807) is 77.1 Å². The minimum Gasteiger partial charge on any atom is -0.507 e. The molecule has 0 spiro atoms. The van der Waals surface area contributed by atoms with Crippen LogP contribution in [0.2, 0.25) is 0 Å². The highest BCUT2D eigenvalue weighted by Gasteiger charge is 2.50. The lowest BCUT2D eigenvalue weighted by Crippen LogP contribution is -2.49. The van der Waals surface area contributed by atoms with Crippen LogP contribution in [0.4, 0.5) is 26.7 Å². The van der Waals surface area contributed by atoms with E-state index in [9.17, 15) is 63.6 Å². The molecular formula is C80H100N8O20. The Morgan fingerprint density at radius 1 is 0.861 bits per heavy atom. The molecule has 3 fully saturated rings. The van der Waals surface area contributed by atoms with Gasteiger partial charge in [-0.25, -0.2) is 14.6 Å². The molecule has 2 saturated heterocycles. The first kappa shape index (κ1) is 80.4. The largest absolute Gasteiger partial charge is 0.507 e. The van der Waals surface area contributed by atoms with Gasteiger partial charge in [0.25, 0.3) is 5.91 Å². The Labute approximate surface area is 625 Å². The Morgan fingerprint density at radius 2 is 1.56 bits per heavy atom. The highest BCUT2D eigenvalue weighted by Crippen LogP contribution is 2.47. The van der Waals surface area contributed by atoms with Gasteiger partial charge >= 0.3 is 17.9 Å². The van der Waals surface area contributed by atoms with Crippen LogP contribution in [0.5, 0.6) is 11.5 Å². The summed E-state index contributed by atoms with van der Waals surface area (Å²) in [6.45, 7) is 20.0. The van der Waals surface area contributed by atoms with E-state index in [-0.39, 0.29) is 144 Å². The summed E-state index contributed by atoms with van der Waals surface area (Å²) in [5.74, 6) is -8.39. The number of carbonyl (C=O) groups is 8. The molecule has 1 aliphatic carbocycles. The van der Waals surface area contributed by atoms with Gasteiger partial charge in [-0.15, -0.1) is 0 Å². The summed E-state index contributed by atoms with van der Waals surface area (Å²) in [7, 11) is 1.48. The average molecular weight is 1490 g/mol. The number of hydrogen-bond acceptors (Lipinski definition) is 22. The summed E-state index contributed by atoms with van der Waals surface area (Å²) >= 11 is 0. The molecule has 11 rings (SSSR count). The van der Waals surface area contributed by atoms with Crippen LogP contribution < -0.4 is 47.4 Å². The van der Waals surface area contributed by atoms with E-state index >= 15 is 4.79 Å². The van der Waals surface area contributed by atoms with Crippen LogP contribution in [0, 0.1) is 47.8 Å². The first-order valence-electron chi connectivity index (χ1n) is 37.1. The quantitative estimate of drug-likeness (QED) is 0.00754. The van der Waals surface area contributed by atoms with Crippen LogP contribution in [-0.2, 0) is 54.3 Å². The van der Waals surface area contributed by atoms with Gasteiger partial charge in [0.05, 0.1) is 46.4 Å². The number of aliphatic hydroxyl groups is 3. The number of aromatic nitrogens is 1. The number of likely N-dealkylation sites (tertiary alicyclic amines) is 1. The standard InChI is InChI=1S/C80H100N8O20/c1-42(2)106-70-46(6)55(103-11)27-36-105-79(10)73(97)62-60-61(68(95)49(9)71(62)108-79)69(96)65(85-74(98)44(4)20-16-19-43(3)66(93)47(7)67(94)48(70)8)72-64(60)84-63-54(89)39-53(40-56(63)107-72)86-32-34-87(35-33-86)78(102)104-41-50-23-25-52(26-24-50)83-75(99)51(21-17-30-82-77(81)101)38-58(91)80(28-18-29-80)57(90)22-14-12-13-15-31-88-59(92)37-45(5)76(88)100/h16,19-20,23-27,36,39-40,43,45-48,51,55,66-67,70,93-95,97H,1,12-15,17-18,21-22,28-35,37-38,41H2,2-11H3,(H,83,99)(H,85,98)(H3,81,82,101)/b19-16+,36-27+,44-20-/t43-,45?,46+,47+,48+,51+,55-,66-,67+,70+,79-/m0/s1. The maximum atomic E-state index is 15.2. The fourth-order valence-electron chi connectivity index (χ4n) is 15.2. The number of amides is 7. The molecule has 4 aromatic carbocycles. The molecule has 0 radical (unpaired) electrons. The maximum Gasteiger partial charge on any atom is 0.410 e. The molecule has 6 aliphatic rings. The van der Waals surface area contributed by atoms with Gasteiger partial charge in [-0.2, -0.15) is 0 Å². The number of benzene rings is 4. The number of phenols is 1. The van der Waals surface area contributed by atoms with Gasteiger partial charge in [-0.3, -0.25) is 43.3 Å². The number of anilines is 3. The molecule has 5 bridgehead atoms. The monoisotopic (exact) mass is 1490 g/mol. The zero-order valence-corrected chi connectivity index (χ0v) is 63.0. The van der Waals surface area contributed by atoms with E-state index in [1.807, 2.05) is 11.8 Å². The molecule has 7 amide bonds. The van der Waals surface area contributed by atoms with Gasteiger partial charge < -0.3 is 80.0 Å². The third-order valence-electron chi connectivity index (χ3n) is 22.1. The highest BCUT2D eigenvalue weighted by molar-refractivity contribution is 6.17. The van der Waals surface area contributed by atoms with Crippen LogP contribution in [0.25, 0.3) is 38.7 Å². The molecule has 28 heteroatoms. The lowest BCUT2D eigenvalue weighted by molar-refractivity contribution is -0.148. The van der Waals surface area contributed by atoms with Crippen molar-refractivity contribution in [3.05, 3.63) is 122 Å². The highest BCUT2D eigenvalue weighted by atomic mass is 16.7. The van der Waals surface area contributed by atoms with Crippen LogP contribution in [0.3, 0.4) is 0 Å². The second-order valence-electron chi connectivity index (χ2n) is 29.7. The number of aromatic hydroxyl groups is 1. The number of unbranched alkanes of at least 4 members (excludes halogenated alkanes) is 3. The van der Waals surface area contributed by atoms with E-state index < -0.39 is 123 Å². The number of allylic oxidation sites excluding steroid dienone is 3. The number of imide groups is 1. The zero-order chi connectivity index (χ0) is 78.4. The smallest absolute Gasteiger partial charge is 0.410 e. The van der Waals surface area contributed by atoms with E-state index in [0.29, 0.717) is 80.6 Å². The Morgan fingerprint density at radius 3 is 2.21 bits per heavy atom. The number of nitrogens with zero attached hydrogens (tertiary/aromatic N) is 4. The van der Waals surface area contributed by atoms with Crippen LogP contribution in [0.15, 0.2) is 98.9 Å². The van der Waals surface area contributed by atoms with Crippen molar-refractivity contribution in [3.63, 3.8) is 0 Å². The normalized spacial score (nSPS) is 25.4. The predicted octanol–water partition coefficient (Wildman–Crippen LogP) is 9.05. The number of piperazine rings is 1. The number of hydrogen-bond donors (Lipinski definition) is 8. The van der Waals surface area contributed by atoms with Crippen LogP contribution >= 0.6 is 0 Å². The average Bonchev–Trinajstić information content (AvgIpc) is 1.43. The zero-order valence-electron chi connectivity index (χ0n) is 63.0. The number of carbonyl (C=O) groups excluding carboxylic acids is 8. The van der Waals surface area contributed by atoms with Crippen molar-refractivity contribution >= 4 is 103 Å². The summed E-state index contributed by atoms with van der Waals surface area (Å²) in [4.78, 5) is 145. The molecule has 5 aliphatic heterocycles. The molecule has 108 heavy (non-hydrogen) atoms. The molecule has 1 unspecified atom stereocenters. The third kappa shape index (κ3) is 17.0. The topological polar surface area (TPSA) is 396 Å². The number of Topliss-reactive ketones (excluding diaryl/α,β-unsaturated/α-hetero) is 2. The fraction of sp³-hybridized carbons (Fsp3) is 0.512. The van der Waals surface area contributed by atoms with E-state index in [0.717, 1.165) is 0 Å². The van der Waals surface area contributed by atoms with Crippen LogP contribution in [0.1, 0.15) is 144 Å². The molecule has 11 atom stereocenters. The molecule has 9 N–H and O–H groups in total. The Kier molecular flexibility index (Phi) is 25.3. The van der Waals surface area contributed by atoms with Gasteiger partial charge in [-0.05, 0) is 83.1 Å². The number of nitrogens with one attached hydrogen (secondary N) is 3. The summed E-state index contributed by atoms with van der Waals surface area (Å²) in [5, 5.41) is 55.3. The molecule has 1 saturated carbocycles. The molecule has 580 valence electrons. The van der Waals surface area contributed by atoms with E-state index in [2.05, 4.69) is 22.5 Å². The van der Waals surface area contributed by atoms with Crippen LogP contribution in [-0.4, -0.2) is 159 Å². The minimum absolute atomic E-state index is 0.0120. The van der Waals surface area contributed by atoms with Crippen molar-refractivity contribution in [2.45, 2.75) is 176 Å². The second kappa shape index (κ2) is 33.9. The molecule has 28 nitrogen and oxygen atoms in total. The van der Waals surface area contributed by atoms with Gasteiger partial charge in [0, 0.05) is 148 Å². The summed E-state index contributed by atoms with van der Waals surface area (Å²) in [6, 6.07) is 8.75. The molecular weight excluding hydrogens is 1390 g/mol. The number of urea groups is 1. The first-order valence-corrected chi connectivity index (χ1v) is 37.1.